The zero-order chi connectivity index (χ0) is 22.7. The van der Waals surface area contributed by atoms with Crippen molar-refractivity contribution in [2.75, 3.05) is 12.4 Å². The van der Waals surface area contributed by atoms with E-state index in [9.17, 15) is 14.3 Å². The van der Waals surface area contributed by atoms with Crippen LogP contribution in [0.1, 0.15) is 11.1 Å². The molecule has 164 valence electrons. The average molecular weight is 451 g/mol. The second kappa shape index (κ2) is 9.54. The molecule has 32 heavy (non-hydrogen) atoms. The molecule has 0 radical (unpaired) electrons. The number of hydrogen-bond acceptors (Lipinski definition) is 5. The Hall–Kier alpha value is -3.16. The molecule has 4 rings (SSSR count). The van der Waals surface area contributed by atoms with Crippen LogP contribution < -0.4 is 10.3 Å². The van der Waals surface area contributed by atoms with Gasteiger partial charge in [-0.3, -0.25) is 9.36 Å². The Bertz CT molecular complexity index is 1320. The summed E-state index contributed by atoms with van der Waals surface area (Å²) < 4.78 is 20.7. The molecule has 0 spiro atoms. The van der Waals surface area contributed by atoms with Crippen LogP contribution in [0, 0.1) is 19.7 Å². The highest BCUT2D eigenvalue weighted by Crippen LogP contribution is 2.24. The van der Waals surface area contributed by atoms with Gasteiger partial charge >= 0.3 is 0 Å². The first-order valence-electron chi connectivity index (χ1n) is 10.2. The van der Waals surface area contributed by atoms with Crippen LogP contribution in [0.3, 0.4) is 0 Å². The lowest BCUT2D eigenvalue weighted by atomic mass is 10.1. The fraction of sp³-hybridized carbons (Fsp3) is 0.200. The van der Waals surface area contributed by atoms with Crippen molar-refractivity contribution in [1.29, 1.82) is 0 Å². The summed E-state index contributed by atoms with van der Waals surface area (Å²) in [6, 6.07) is 19.1. The first-order valence-corrected chi connectivity index (χ1v) is 11.2. The van der Waals surface area contributed by atoms with E-state index in [0.717, 1.165) is 16.8 Å². The molecule has 1 aromatic heterocycles. The first kappa shape index (κ1) is 22.0. The highest BCUT2D eigenvalue weighted by Gasteiger charge is 2.17. The third kappa shape index (κ3) is 4.69. The Kier molecular flexibility index (Phi) is 6.58. The maximum absolute atomic E-state index is 13.7. The van der Waals surface area contributed by atoms with E-state index >= 15 is 0 Å². The van der Waals surface area contributed by atoms with Crippen LogP contribution in [0.5, 0.6) is 5.75 Å². The molecule has 0 aliphatic heterocycles. The molecular formula is C25H23FN2O3S. The molecule has 5 nitrogen and oxygen atoms in total. The van der Waals surface area contributed by atoms with Gasteiger partial charge in [0, 0.05) is 5.75 Å². The van der Waals surface area contributed by atoms with Crippen LogP contribution in [0.4, 0.5) is 4.39 Å². The molecule has 1 N–H and O–H groups in total. The number of para-hydroxylation sites is 2. The van der Waals surface area contributed by atoms with Gasteiger partial charge in [0.1, 0.15) is 6.61 Å². The highest BCUT2D eigenvalue weighted by molar-refractivity contribution is 7.99. The standard InChI is InChI=1S/C25H23FN2O3S/c1-16-11-12-22(17(2)13-16)28-24(30)19-7-3-5-9-21(19)27-25(28)32-15-18(29)14-31-23-10-6-4-8-20(23)26/h3-13,18,29H,14-15H2,1-2H3. The van der Waals surface area contributed by atoms with Gasteiger partial charge in [0.25, 0.3) is 5.56 Å². The van der Waals surface area contributed by atoms with Crippen LogP contribution >= 0.6 is 11.8 Å². The Labute approximate surface area is 189 Å². The Morgan fingerprint density at radius 3 is 2.62 bits per heavy atom. The van der Waals surface area contributed by atoms with Crippen molar-refractivity contribution in [3.8, 4) is 11.4 Å². The van der Waals surface area contributed by atoms with Gasteiger partial charge in [-0.05, 0) is 49.7 Å². The molecule has 0 bridgehead atoms. The van der Waals surface area contributed by atoms with E-state index in [1.165, 1.54) is 23.9 Å². The molecule has 1 unspecified atom stereocenters. The van der Waals surface area contributed by atoms with E-state index < -0.39 is 11.9 Å². The van der Waals surface area contributed by atoms with E-state index in [1.54, 1.807) is 28.8 Å². The average Bonchev–Trinajstić information content (AvgIpc) is 2.78. The number of aryl methyl sites for hydroxylation is 2. The SMILES string of the molecule is Cc1ccc(-n2c(SCC(O)COc3ccccc3F)nc3ccccc3c2=O)c(C)c1. The molecule has 7 heteroatoms. The number of nitrogens with zero attached hydrogens (tertiary/aromatic N) is 2. The highest BCUT2D eigenvalue weighted by atomic mass is 32.2. The van der Waals surface area contributed by atoms with Gasteiger partial charge in [-0.15, -0.1) is 0 Å². The summed E-state index contributed by atoms with van der Waals surface area (Å²) >= 11 is 1.26. The lowest BCUT2D eigenvalue weighted by Gasteiger charge is -2.17. The number of aliphatic hydroxyl groups is 1. The zero-order valence-electron chi connectivity index (χ0n) is 17.8. The second-order valence-electron chi connectivity index (χ2n) is 7.55. The third-order valence-corrected chi connectivity index (χ3v) is 6.09. The van der Waals surface area contributed by atoms with E-state index in [4.69, 9.17) is 9.72 Å². The summed E-state index contributed by atoms with van der Waals surface area (Å²) in [6.45, 7) is 3.88. The smallest absolute Gasteiger partial charge is 0.266 e. The van der Waals surface area contributed by atoms with Crippen LogP contribution in [0.2, 0.25) is 0 Å². The molecule has 0 saturated heterocycles. The van der Waals surface area contributed by atoms with Gasteiger partial charge in [-0.2, -0.15) is 0 Å². The number of aromatic nitrogens is 2. The zero-order valence-corrected chi connectivity index (χ0v) is 18.6. The first-order chi connectivity index (χ1) is 15.4. The molecule has 4 aromatic rings. The van der Waals surface area contributed by atoms with Crippen LogP contribution in [-0.2, 0) is 0 Å². The number of rotatable bonds is 7. The van der Waals surface area contributed by atoms with Gasteiger partial charge in [-0.1, -0.05) is 53.7 Å². The fourth-order valence-corrected chi connectivity index (χ4v) is 4.36. The van der Waals surface area contributed by atoms with E-state index in [0.29, 0.717) is 16.1 Å². The van der Waals surface area contributed by atoms with Crippen molar-refractivity contribution < 1.29 is 14.2 Å². The molecule has 3 aromatic carbocycles. The summed E-state index contributed by atoms with van der Waals surface area (Å²) in [6.07, 6.45) is -0.879. The van der Waals surface area contributed by atoms with Gasteiger partial charge in [0.15, 0.2) is 16.7 Å². The van der Waals surface area contributed by atoms with E-state index in [-0.39, 0.29) is 23.7 Å². The Morgan fingerprint density at radius 2 is 1.84 bits per heavy atom. The molecule has 1 atom stereocenters. The Balaban J connectivity index is 1.62. The van der Waals surface area contributed by atoms with Crippen LogP contribution in [0.15, 0.2) is 76.7 Å². The number of aliphatic hydroxyl groups excluding tert-OH is 1. The predicted molar refractivity (Wildman–Crippen MR) is 125 cm³/mol. The monoisotopic (exact) mass is 450 g/mol. The van der Waals surface area contributed by atoms with Crippen LogP contribution in [-0.4, -0.2) is 33.1 Å². The normalized spacial score (nSPS) is 12.1. The molecule has 0 fully saturated rings. The summed E-state index contributed by atoms with van der Waals surface area (Å²) in [5.41, 5.74) is 3.23. The number of hydrogen-bond donors (Lipinski definition) is 1. The quantitative estimate of drug-likeness (QED) is 0.327. The van der Waals surface area contributed by atoms with E-state index in [2.05, 4.69) is 0 Å². The van der Waals surface area contributed by atoms with Crippen molar-refractivity contribution in [2.45, 2.75) is 25.1 Å². The van der Waals surface area contributed by atoms with Gasteiger partial charge in [0.05, 0.1) is 22.7 Å². The lowest BCUT2D eigenvalue weighted by molar-refractivity contribution is 0.123. The van der Waals surface area contributed by atoms with Crippen molar-refractivity contribution in [1.82, 2.24) is 9.55 Å². The number of benzene rings is 3. The van der Waals surface area contributed by atoms with Gasteiger partial charge in [-0.25, -0.2) is 9.37 Å². The molecule has 0 amide bonds. The molecule has 0 aliphatic rings. The molecular weight excluding hydrogens is 427 g/mol. The largest absolute Gasteiger partial charge is 0.488 e. The van der Waals surface area contributed by atoms with Crippen molar-refractivity contribution >= 4 is 22.7 Å². The number of halogens is 1. The number of ether oxygens (including phenoxy) is 1. The third-order valence-electron chi connectivity index (χ3n) is 5.01. The maximum atomic E-state index is 13.7. The minimum absolute atomic E-state index is 0.0741. The van der Waals surface area contributed by atoms with Gasteiger partial charge < -0.3 is 9.84 Å². The minimum atomic E-state index is -0.879. The van der Waals surface area contributed by atoms with Crippen LogP contribution in [0.25, 0.3) is 16.6 Å². The topological polar surface area (TPSA) is 64.3 Å². The molecule has 0 saturated carbocycles. The predicted octanol–water partition coefficient (Wildman–Crippen LogP) is 4.67. The van der Waals surface area contributed by atoms with Gasteiger partial charge in [0.2, 0.25) is 0 Å². The fourth-order valence-electron chi connectivity index (χ4n) is 3.44. The molecule has 0 aliphatic carbocycles. The molecule has 1 heterocycles. The maximum Gasteiger partial charge on any atom is 0.266 e. The minimum Gasteiger partial charge on any atom is -0.488 e. The number of fused-ring (bicyclic) bond motifs is 1. The summed E-state index contributed by atoms with van der Waals surface area (Å²) in [7, 11) is 0. The second-order valence-corrected chi connectivity index (χ2v) is 8.54. The van der Waals surface area contributed by atoms with Crippen molar-refractivity contribution in [3.63, 3.8) is 0 Å². The van der Waals surface area contributed by atoms with E-state index in [1.807, 2.05) is 44.2 Å². The summed E-state index contributed by atoms with van der Waals surface area (Å²) in [5, 5.41) is 11.4. The lowest BCUT2D eigenvalue weighted by Crippen LogP contribution is -2.24. The van der Waals surface area contributed by atoms with Crippen molar-refractivity contribution in [3.05, 3.63) is 94.0 Å². The number of thioether (sulfide) groups is 1. The Morgan fingerprint density at radius 1 is 1.09 bits per heavy atom. The van der Waals surface area contributed by atoms with Crippen molar-refractivity contribution in [2.24, 2.45) is 0 Å². The summed E-state index contributed by atoms with van der Waals surface area (Å²) in [5.74, 6) is -0.163. The summed E-state index contributed by atoms with van der Waals surface area (Å²) in [4.78, 5) is 18.1.